The summed E-state index contributed by atoms with van der Waals surface area (Å²) in [4.78, 5) is 0.724. The molecule has 5 heteroatoms. The smallest absolute Gasteiger partial charge is 0.320 e. The van der Waals surface area contributed by atoms with Crippen LogP contribution in [-0.2, 0) is 6.18 Å². The van der Waals surface area contributed by atoms with E-state index in [4.69, 9.17) is 5.73 Å². The Bertz CT molecular complexity index is 491. The summed E-state index contributed by atoms with van der Waals surface area (Å²) in [6, 6.07) is 8.20. The Balaban J connectivity index is 2.46. The molecule has 0 bridgehead atoms. The summed E-state index contributed by atoms with van der Waals surface area (Å²) in [6.45, 7) is 0. The van der Waals surface area contributed by atoms with Gasteiger partial charge in [0.1, 0.15) is 0 Å². The van der Waals surface area contributed by atoms with Crippen molar-refractivity contribution in [1.82, 2.24) is 0 Å². The molecule has 2 N–H and O–H groups in total. The van der Waals surface area contributed by atoms with Crippen LogP contribution in [0.3, 0.4) is 0 Å². The van der Waals surface area contributed by atoms with Gasteiger partial charge in [-0.05, 0) is 23.1 Å². The molecule has 90 valence electrons. The molecule has 1 heterocycles. The molecule has 1 aromatic heterocycles. The Morgan fingerprint density at radius 1 is 1.06 bits per heavy atom. The van der Waals surface area contributed by atoms with Gasteiger partial charge < -0.3 is 5.73 Å². The van der Waals surface area contributed by atoms with E-state index in [9.17, 15) is 13.2 Å². The second-order valence-corrected chi connectivity index (χ2v) is 4.56. The van der Waals surface area contributed by atoms with E-state index < -0.39 is 17.8 Å². The van der Waals surface area contributed by atoms with Crippen LogP contribution in [-0.4, -0.2) is 0 Å². The molecule has 0 aliphatic carbocycles. The fourth-order valence-electron chi connectivity index (χ4n) is 1.65. The van der Waals surface area contributed by atoms with Gasteiger partial charge in [0.15, 0.2) is 0 Å². The van der Waals surface area contributed by atoms with Crippen molar-refractivity contribution in [2.24, 2.45) is 5.73 Å². The Hall–Kier alpha value is -1.33. The number of benzene rings is 1. The molecule has 0 spiro atoms. The lowest BCUT2D eigenvalue weighted by Crippen LogP contribution is -2.17. The van der Waals surface area contributed by atoms with Crippen LogP contribution in [0.5, 0.6) is 0 Å². The van der Waals surface area contributed by atoms with Crippen molar-refractivity contribution < 1.29 is 13.2 Å². The van der Waals surface area contributed by atoms with E-state index in [1.807, 2.05) is 0 Å². The molecule has 1 nitrogen and oxygen atoms in total. The molecule has 17 heavy (non-hydrogen) atoms. The molecule has 0 fully saturated rings. The maximum absolute atomic E-state index is 12.8. The minimum Gasteiger partial charge on any atom is -0.320 e. The van der Waals surface area contributed by atoms with Gasteiger partial charge in [0, 0.05) is 4.88 Å². The third-order valence-corrected chi connectivity index (χ3v) is 3.41. The van der Waals surface area contributed by atoms with Gasteiger partial charge in [0.05, 0.1) is 11.6 Å². The van der Waals surface area contributed by atoms with Gasteiger partial charge in [0.2, 0.25) is 0 Å². The molecule has 0 saturated carbocycles. The molecule has 0 radical (unpaired) electrons. The lowest BCUT2D eigenvalue weighted by molar-refractivity contribution is -0.138. The fourth-order valence-corrected chi connectivity index (χ4v) is 2.39. The number of hydrogen-bond acceptors (Lipinski definition) is 2. The molecule has 0 unspecified atom stereocenters. The average molecular weight is 257 g/mol. The zero-order valence-corrected chi connectivity index (χ0v) is 9.55. The summed E-state index contributed by atoms with van der Waals surface area (Å²) in [5.74, 6) is 0. The van der Waals surface area contributed by atoms with Crippen LogP contribution in [0.1, 0.15) is 22.0 Å². The number of rotatable bonds is 2. The second kappa shape index (κ2) is 4.50. The van der Waals surface area contributed by atoms with E-state index in [0.29, 0.717) is 0 Å². The lowest BCUT2D eigenvalue weighted by atomic mass is 9.99. The monoisotopic (exact) mass is 257 g/mol. The van der Waals surface area contributed by atoms with Crippen molar-refractivity contribution in [2.45, 2.75) is 12.2 Å². The normalized spacial score (nSPS) is 13.6. The van der Waals surface area contributed by atoms with Crippen molar-refractivity contribution >= 4 is 11.3 Å². The number of halogens is 3. The summed E-state index contributed by atoms with van der Waals surface area (Å²) in [7, 11) is 0. The largest absolute Gasteiger partial charge is 0.416 e. The Kier molecular flexibility index (Phi) is 3.22. The average Bonchev–Trinajstić information content (AvgIpc) is 2.80. The second-order valence-electron chi connectivity index (χ2n) is 3.58. The van der Waals surface area contributed by atoms with Crippen LogP contribution in [0.25, 0.3) is 0 Å². The maximum Gasteiger partial charge on any atom is 0.416 e. The van der Waals surface area contributed by atoms with Crippen LogP contribution in [0.2, 0.25) is 0 Å². The third kappa shape index (κ3) is 2.50. The predicted octanol–water partition coefficient (Wildman–Crippen LogP) is 3.82. The lowest BCUT2D eigenvalue weighted by Gasteiger charge is -2.17. The Labute approximate surface area is 101 Å². The SMILES string of the molecule is N[C@@H](c1cccs1)c1ccccc1C(F)(F)F. The van der Waals surface area contributed by atoms with Crippen LogP contribution >= 0.6 is 11.3 Å². The minimum absolute atomic E-state index is 0.113. The first-order chi connectivity index (χ1) is 8.00. The van der Waals surface area contributed by atoms with Crippen LogP contribution < -0.4 is 5.73 Å². The third-order valence-electron chi connectivity index (χ3n) is 2.45. The molecule has 0 aliphatic heterocycles. The van der Waals surface area contributed by atoms with Gasteiger partial charge in [-0.1, -0.05) is 24.3 Å². The van der Waals surface area contributed by atoms with Crippen LogP contribution in [0.4, 0.5) is 13.2 Å². The highest BCUT2D eigenvalue weighted by molar-refractivity contribution is 7.10. The molecule has 0 aliphatic rings. The maximum atomic E-state index is 12.8. The van der Waals surface area contributed by atoms with E-state index in [1.54, 1.807) is 23.6 Å². The predicted molar refractivity (Wildman–Crippen MR) is 61.8 cm³/mol. The summed E-state index contributed by atoms with van der Waals surface area (Å²) in [5, 5.41) is 1.80. The van der Waals surface area contributed by atoms with E-state index in [2.05, 4.69) is 0 Å². The summed E-state index contributed by atoms with van der Waals surface area (Å²) < 4.78 is 38.4. The van der Waals surface area contributed by atoms with Gasteiger partial charge in [-0.3, -0.25) is 0 Å². The summed E-state index contributed by atoms with van der Waals surface area (Å²) >= 11 is 1.35. The number of thiophene rings is 1. The van der Waals surface area contributed by atoms with Gasteiger partial charge in [-0.25, -0.2) is 0 Å². The standard InChI is InChI=1S/C12H10F3NS/c13-12(14,15)9-5-2-1-4-8(9)11(16)10-6-3-7-17-10/h1-7,11H,16H2/t11-/m1/s1. The van der Waals surface area contributed by atoms with Gasteiger partial charge >= 0.3 is 6.18 Å². The van der Waals surface area contributed by atoms with Gasteiger partial charge in [-0.2, -0.15) is 13.2 Å². The number of nitrogens with two attached hydrogens (primary N) is 1. The van der Waals surface area contributed by atoms with Crippen LogP contribution in [0.15, 0.2) is 41.8 Å². The molecule has 1 aromatic carbocycles. The highest BCUT2D eigenvalue weighted by atomic mass is 32.1. The molecule has 2 aromatic rings. The fraction of sp³-hybridized carbons (Fsp3) is 0.167. The van der Waals surface area contributed by atoms with E-state index in [1.165, 1.54) is 23.5 Å². The zero-order chi connectivity index (χ0) is 12.5. The molecule has 1 atom stereocenters. The highest BCUT2D eigenvalue weighted by Crippen LogP contribution is 2.36. The molecular formula is C12H10F3NS. The molecule has 0 amide bonds. The first-order valence-electron chi connectivity index (χ1n) is 4.95. The van der Waals surface area contributed by atoms with Crippen LogP contribution in [0, 0.1) is 0 Å². The quantitative estimate of drug-likeness (QED) is 0.869. The molecule has 0 saturated heterocycles. The minimum atomic E-state index is -4.37. The Morgan fingerprint density at radius 2 is 1.76 bits per heavy atom. The van der Waals surface area contributed by atoms with Gasteiger partial charge in [-0.15, -0.1) is 11.3 Å². The highest BCUT2D eigenvalue weighted by Gasteiger charge is 2.34. The Morgan fingerprint density at radius 3 is 2.35 bits per heavy atom. The zero-order valence-electron chi connectivity index (χ0n) is 8.74. The number of alkyl halides is 3. The summed E-state index contributed by atoms with van der Waals surface area (Å²) in [6.07, 6.45) is -4.37. The van der Waals surface area contributed by atoms with E-state index >= 15 is 0 Å². The van der Waals surface area contributed by atoms with Gasteiger partial charge in [0.25, 0.3) is 0 Å². The first kappa shape index (κ1) is 12.1. The van der Waals surface area contributed by atoms with E-state index in [0.717, 1.165) is 10.9 Å². The first-order valence-corrected chi connectivity index (χ1v) is 5.83. The van der Waals surface area contributed by atoms with Crippen molar-refractivity contribution in [3.8, 4) is 0 Å². The van der Waals surface area contributed by atoms with E-state index in [-0.39, 0.29) is 5.56 Å². The van der Waals surface area contributed by atoms with Crippen molar-refractivity contribution in [3.63, 3.8) is 0 Å². The number of hydrogen-bond donors (Lipinski definition) is 1. The molecular weight excluding hydrogens is 247 g/mol. The van der Waals surface area contributed by atoms with Crippen molar-refractivity contribution in [2.75, 3.05) is 0 Å². The van der Waals surface area contributed by atoms with Crippen molar-refractivity contribution in [3.05, 3.63) is 57.8 Å². The topological polar surface area (TPSA) is 26.0 Å². The summed E-state index contributed by atoms with van der Waals surface area (Å²) in [5.41, 5.74) is 5.32. The molecule has 2 rings (SSSR count). The van der Waals surface area contributed by atoms with Crippen molar-refractivity contribution in [1.29, 1.82) is 0 Å².